The molecule has 0 radical (unpaired) electrons. The number of piperazine rings is 1. The van der Waals surface area contributed by atoms with Gasteiger partial charge >= 0.3 is 0 Å². The number of aromatic amines is 2. The summed E-state index contributed by atoms with van der Waals surface area (Å²) in [5, 5.41) is 9.86. The Morgan fingerprint density at radius 1 is 1.15 bits per heavy atom. The maximum absolute atomic E-state index is 12.3. The average molecular weight is 460 g/mol. The van der Waals surface area contributed by atoms with Crippen molar-refractivity contribution in [2.24, 2.45) is 0 Å². The third-order valence-electron chi connectivity index (χ3n) is 6.04. The molecule has 1 aliphatic rings. The minimum absolute atomic E-state index is 0.0962. The molecule has 5 rings (SSSR count). The quantitative estimate of drug-likeness (QED) is 0.426. The van der Waals surface area contributed by atoms with Crippen LogP contribution in [-0.2, 0) is 4.79 Å². The monoisotopic (exact) mass is 459 g/mol. The summed E-state index contributed by atoms with van der Waals surface area (Å²) >= 11 is 0. The van der Waals surface area contributed by atoms with Gasteiger partial charge in [-0.1, -0.05) is 6.07 Å². The van der Waals surface area contributed by atoms with Crippen LogP contribution in [0.3, 0.4) is 0 Å². The van der Waals surface area contributed by atoms with E-state index in [4.69, 9.17) is 4.98 Å². The molecule has 3 N–H and O–H groups in total. The van der Waals surface area contributed by atoms with E-state index in [1.807, 2.05) is 35.4 Å². The first-order valence-electron chi connectivity index (χ1n) is 11.1. The first-order valence-corrected chi connectivity index (χ1v) is 11.1. The molecule has 34 heavy (non-hydrogen) atoms. The highest BCUT2D eigenvalue weighted by molar-refractivity contribution is 6.03. The Balaban J connectivity index is 1.42. The predicted molar refractivity (Wildman–Crippen MR) is 127 cm³/mol. The number of pyridine rings is 2. The van der Waals surface area contributed by atoms with Crippen molar-refractivity contribution in [3.05, 3.63) is 48.8 Å². The van der Waals surface area contributed by atoms with Crippen LogP contribution in [0, 0.1) is 0 Å². The summed E-state index contributed by atoms with van der Waals surface area (Å²) in [6.45, 7) is 7.18. The van der Waals surface area contributed by atoms with E-state index in [0.717, 1.165) is 22.5 Å². The molecule has 0 aliphatic carbocycles. The van der Waals surface area contributed by atoms with E-state index >= 15 is 0 Å². The van der Waals surface area contributed by atoms with Gasteiger partial charge in [0.05, 0.1) is 17.6 Å². The Morgan fingerprint density at radius 2 is 1.94 bits per heavy atom. The largest absolute Gasteiger partial charge is 0.352 e. The topological polar surface area (TPSA) is 136 Å². The highest BCUT2D eigenvalue weighted by atomic mass is 16.2. The zero-order valence-electron chi connectivity index (χ0n) is 19.1. The number of amides is 2. The Kier molecular flexibility index (Phi) is 5.44. The van der Waals surface area contributed by atoms with E-state index in [9.17, 15) is 9.59 Å². The lowest BCUT2D eigenvalue weighted by atomic mass is 10.1. The summed E-state index contributed by atoms with van der Waals surface area (Å²) in [6, 6.07) is 7.96. The molecule has 5 heterocycles. The lowest BCUT2D eigenvalue weighted by Crippen LogP contribution is -2.58. The fourth-order valence-electron chi connectivity index (χ4n) is 4.67. The van der Waals surface area contributed by atoms with Crippen molar-refractivity contribution >= 4 is 34.4 Å². The molecule has 174 valence electrons. The molecule has 0 bridgehead atoms. The molecule has 11 heteroatoms. The highest BCUT2D eigenvalue weighted by Gasteiger charge is 2.31. The molecule has 0 aromatic carbocycles. The number of nitrogens with one attached hydrogen (secondary N) is 3. The van der Waals surface area contributed by atoms with E-state index in [2.05, 4.69) is 49.2 Å². The molecule has 1 fully saturated rings. The van der Waals surface area contributed by atoms with Gasteiger partial charge in [-0.15, -0.1) is 0 Å². The molecule has 4 aromatic heterocycles. The van der Waals surface area contributed by atoms with Crippen LogP contribution in [0.2, 0.25) is 0 Å². The van der Waals surface area contributed by atoms with Gasteiger partial charge in [-0.25, -0.2) is 15.0 Å². The predicted octanol–water partition coefficient (Wildman–Crippen LogP) is 2.44. The molecular formula is C23H25N9O2. The van der Waals surface area contributed by atoms with Crippen LogP contribution in [-0.4, -0.2) is 72.0 Å². The second-order valence-corrected chi connectivity index (χ2v) is 8.52. The lowest BCUT2D eigenvalue weighted by Gasteiger charge is -2.44. The van der Waals surface area contributed by atoms with Crippen LogP contribution < -0.4 is 10.2 Å². The zero-order chi connectivity index (χ0) is 23.8. The Bertz CT molecular complexity index is 1340. The second kappa shape index (κ2) is 8.58. The number of aromatic nitrogens is 6. The maximum atomic E-state index is 12.3. The molecule has 0 unspecified atom stereocenters. The van der Waals surface area contributed by atoms with Gasteiger partial charge in [-0.05, 0) is 32.0 Å². The number of fused-ring (bicyclic) bond motifs is 1. The van der Waals surface area contributed by atoms with E-state index < -0.39 is 5.91 Å². The summed E-state index contributed by atoms with van der Waals surface area (Å²) in [5.41, 5.74) is 2.90. The van der Waals surface area contributed by atoms with Gasteiger partial charge in [0, 0.05) is 49.2 Å². The normalized spacial score (nSPS) is 18.3. The number of anilines is 2. The Hall–Kier alpha value is -4.28. The van der Waals surface area contributed by atoms with Crippen molar-refractivity contribution in [2.45, 2.75) is 32.9 Å². The summed E-state index contributed by atoms with van der Waals surface area (Å²) in [5.74, 6) is 0.677. The SMILES string of the molecule is CC(=O)N1[C@H](C)CN(c2cccc(-c3c[nH]c4ncc(NC(=O)c5ncn[nH]5)cc34)n2)C[C@@H]1C. The van der Waals surface area contributed by atoms with Crippen molar-refractivity contribution in [2.75, 3.05) is 23.3 Å². The first kappa shape index (κ1) is 21.6. The summed E-state index contributed by atoms with van der Waals surface area (Å²) in [7, 11) is 0. The Labute approximate surface area is 195 Å². The molecule has 1 aliphatic heterocycles. The van der Waals surface area contributed by atoms with E-state index in [1.165, 1.54) is 6.33 Å². The molecular weight excluding hydrogens is 434 g/mol. The summed E-state index contributed by atoms with van der Waals surface area (Å²) < 4.78 is 0. The second-order valence-electron chi connectivity index (χ2n) is 8.52. The van der Waals surface area contributed by atoms with E-state index in [1.54, 1.807) is 13.1 Å². The van der Waals surface area contributed by atoms with Crippen LogP contribution in [0.1, 0.15) is 31.4 Å². The van der Waals surface area contributed by atoms with Gasteiger partial charge in [0.15, 0.2) is 0 Å². The van der Waals surface area contributed by atoms with Crippen LogP contribution in [0.5, 0.6) is 0 Å². The van der Waals surface area contributed by atoms with Gasteiger partial charge in [0.25, 0.3) is 5.91 Å². The van der Waals surface area contributed by atoms with Gasteiger partial charge in [0.1, 0.15) is 17.8 Å². The van der Waals surface area contributed by atoms with Gasteiger partial charge < -0.3 is 20.1 Å². The number of rotatable bonds is 4. The zero-order valence-corrected chi connectivity index (χ0v) is 19.1. The van der Waals surface area contributed by atoms with Crippen LogP contribution in [0.25, 0.3) is 22.3 Å². The first-order chi connectivity index (χ1) is 16.4. The number of hydrogen-bond donors (Lipinski definition) is 3. The maximum Gasteiger partial charge on any atom is 0.293 e. The molecule has 0 spiro atoms. The molecule has 2 atom stereocenters. The van der Waals surface area contributed by atoms with Crippen molar-refractivity contribution in [3.63, 3.8) is 0 Å². The van der Waals surface area contributed by atoms with Crippen molar-refractivity contribution in [1.82, 2.24) is 35.0 Å². The molecule has 0 saturated carbocycles. The third kappa shape index (κ3) is 3.96. The Morgan fingerprint density at radius 3 is 2.65 bits per heavy atom. The van der Waals surface area contributed by atoms with Gasteiger partial charge in [0.2, 0.25) is 11.7 Å². The van der Waals surface area contributed by atoms with Gasteiger partial charge in [-0.3, -0.25) is 14.7 Å². The van der Waals surface area contributed by atoms with Crippen molar-refractivity contribution in [1.29, 1.82) is 0 Å². The molecule has 2 amide bonds. The van der Waals surface area contributed by atoms with Crippen LogP contribution in [0.15, 0.2) is 43.0 Å². The number of carbonyl (C=O) groups is 2. The summed E-state index contributed by atoms with van der Waals surface area (Å²) in [4.78, 5) is 44.9. The summed E-state index contributed by atoms with van der Waals surface area (Å²) in [6.07, 6.45) is 4.73. The minimum atomic E-state index is -0.399. The van der Waals surface area contributed by atoms with Crippen molar-refractivity contribution in [3.8, 4) is 11.3 Å². The number of hydrogen-bond acceptors (Lipinski definition) is 7. The van der Waals surface area contributed by atoms with E-state index in [-0.39, 0.29) is 23.8 Å². The lowest BCUT2D eigenvalue weighted by molar-refractivity contribution is -0.133. The standard InChI is InChI=1S/C23H25N9O2/c1-13-10-31(11-14(2)32(13)15(3)33)20-6-4-5-19(29-20)18-9-25-21-17(18)7-16(8-24-21)28-23(34)22-26-12-27-30-22/h4-9,12-14H,10-11H2,1-3H3,(H,24,25)(H,28,34)(H,26,27,30)/t13-,14+. The minimum Gasteiger partial charge on any atom is -0.352 e. The highest BCUT2D eigenvalue weighted by Crippen LogP contribution is 2.30. The smallest absolute Gasteiger partial charge is 0.293 e. The van der Waals surface area contributed by atoms with Crippen LogP contribution >= 0.6 is 0 Å². The number of carbonyl (C=O) groups excluding carboxylic acids is 2. The van der Waals surface area contributed by atoms with Gasteiger partial charge in [-0.2, -0.15) is 5.10 Å². The third-order valence-corrected chi connectivity index (χ3v) is 6.04. The van der Waals surface area contributed by atoms with E-state index in [0.29, 0.717) is 24.4 Å². The molecule has 11 nitrogen and oxygen atoms in total. The number of nitrogens with zero attached hydrogens (tertiary/aromatic N) is 6. The van der Waals surface area contributed by atoms with Crippen LogP contribution in [0.4, 0.5) is 11.5 Å². The fourth-order valence-corrected chi connectivity index (χ4v) is 4.67. The average Bonchev–Trinajstić information content (AvgIpc) is 3.48. The van der Waals surface area contributed by atoms with Crippen molar-refractivity contribution < 1.29 is 9.59 Å². The molecule has 1 saturated heterocycles. The number of H-pyrrole nitrogens is 2. The fraction of sp³-hybridized carbons (Fsp3) is 0.304. The molecule has 4 aromatic rings.